The molecule has 0 fully saturated rings. The summed E-state index contributed by atoms with van der Waals surface area (Å²) in [4.78, 5) is 28.8. The first kappa shape index (κ1) is 28.1. The van der Waals surface area contributed by atoms with E-state index < -0.39 is 6.04 Å². The predicted octanol–water partition coefficient (Wildman–Crippen LogP) is 6.22. The van der Waals surface area contributed by atoms with E-state index in [1.165, 1.54) is 17.7 Å². The Bertz CT molecular complexity index is 1150. The van der Waals surface area contributed by atoms with E-state index in [0.29, 0.717) is 12.8 Å². The fraction of sp³-hybridized carbons (Fsp3) is 0.375. The van der Waals surface area contributed by atoms with Crippen molar-refractivity contribution in [3.05, 3.63) is 107 Å². The lowest BCUT2D eigenvalue weighted by Gasteiger charge is -2.32. The van der Waals surface area contributed by atoms with Gasteiger partial charge in [-0.05, 0) is 60.1 Å². The Balaban J connectivity index is 1.87. The molecular formula is C32H39FN2O2. The van der Waals surface area contributed by atoms with Crippen LogP contribution in [0.1, 0.15) is 63.3 Å². The third kappa shape index (κ3) is 8.56. The number of rotatable bonds is 10. The molecule has 37 heavy (non-hydrogen) atoms. The fourth-order valence-electron chi connectivity index (χ4n) is 4.29. The number of amides is 2. The van der Waals surface area contributed by atoms with E-state index in [0.717, 1.165) is 16.7 Å². The van der Waals surface area contributed by atoms with Gasteiger partial charge in [-0.2, -0.15) is 0 Å². The monoisotopic (exact) mass is 502 g/mol. The molecule has 4 nitrogen and oxygen atoms in total. The van der Waals surface area contributed by atoms with Crippen LogP contribution in [-0.4, -0.2) is 28.8 Å². The molecule has 0 aliphatic carbocycles. The zero-order valence-electron chi connectivity index (χ0n) is 22.6. The van der Waals surface area contributed by atoms with Gasteiger partial charge in [-0.1, -0.05) is 87.5 Å². The molecule has 0 aliphatic heterocycles. The highest BCUT2D eigenvalue weighted by Crippen LogP contribution is 2.23. The van der Waals surface area contributed by atoms with E-state index in [-0.39, 0.29) is 42.1 Å². The molecule has 3 rings (SSSR count). The van der Waals surface area contributed by atoms with Crippen LogP contribution in [0.4, 0.5) is 4.39 Å². The van der Waals surface area contributed by atoms with E-state index in [1.807, 2.05) is 44.2 Å². The molecule has 0 saturated carbocycles. The minimum Gasteiger partial charge on any atom is -0.352 e. The number of nitrogens with zero attached hydrogens (tertiary/aromatic N) is 1. The summed E-state index contributed by atoms with van der Waals surface area (Å²) in [5.74, 6) is -0.633. The van der Waals surface area contributed by atoms with Crippen LogP contribution >= 0.6 is 0 Å². The molecule has 0 aliphatic rings. The SMILES string of the molecule is CC(C)NC(=O)[C@@H](Cc1ccccc1)N(Cc1ccc(F)cc1)C(=O)CCc1ccc(C(C)(C)C)cc1. The molecule has 0 bridgehead atoms. The third-order valence-electron chi connectivity index (χ3n) is 6.42. The van der Waals surface area contributed by atoms with Gasteiger partial charge in [0.1, 0.15) is 11.9 Å². The van der Waals surface area contributed by atoms with Crippen molar-refractivity contribution in [3.63, 3.8) is 0 Å². The largest absolute Gasteiger partial charge is 0.352 e. The average Bonchev–Trinajstić information content (AvgIpc) is 2.85. The van der Waals surface area contributed by atoms with Crippen molar-refractivity contribution in [2.45, 2.75) is 77.9 Å². The standard InChI is InChI=1S/C32H39FN2O2/c1-23(2)34-31(37)29(21-25-9-7-6-8-10-25)35(22-26-13-18-28(33)19-14-26)30(36)20-15-24-11-16-27(17-12-24)32(3,4)5/h6-14,16-19,23,29H,15,20-22H2,1-5H3,(H,34,37)/t29-/m1/s1. The van der Waals surface area contributed by atoms with Crippen molar-refractivity contribution in [3.8, 4) is 0 Å². The molecule has 1 atom stereocenters. The Hall–Kier alpha value is -3.47. The number of nitrogens with one attached hydrogen (secondary N) is 1. The zero-order chi connectivity index (χ0) is 27.0. The first-order valence-corrected chi connectivity index (χ1v) is 13.0. The molecule has 3 aromatic rings. The Morgan fingerprint density at radius 1 is 0.838 bits per heavy atom. The van der Waals surface area contributed by atoms with E-state index in [1.54, 1.807) is 17.0 Å². The summed E-state index contributed by atoms with van der Waals surface area (Å²) in [5.41, 5.74) is 4.14. The average molecular weight is 503 g/mol. The first-order valence-electron chi connectivity index (χ1n) is 13.0. The Morgan fingerprint density at radius 3 is 2.00 bits per heavy atom. The lowest BCUT2D eigenvalue weighted by molar-refractivity contribution is -0.141. The molecule has 2 amide bonds. The van der Waals surface area contributed by atoms with Gasteiger partial charge in [0.2, 0.25) is 11.8 Å². The van der Waals surface area contributed by atoms with Gasteiger partial charge in [0.05, 0.1) is 0 Å². The van der Waals surface area contributed by atoms with Crippen LogP contribution in [0, 0.1) is 5.82 Å². The molecular weight excluding hydrogens is 463 g/mol. The second kappa shape index (κ2) is 12.7. The number of hydrogen-bond acceptors (Lipinski definition) is 2. The van der Waals surface area contributed by atoms with Crippen LogP contribution in [-0.2, 0) is 34.4 Å². The number of halogens is 1. The molecule has 0 unspecified atom stereocenters. The molecule has 0 radical (unpaired) electrons. The fourth-order valence-corrected chi connectivity index (χ4v) is 4.29. The summed E-state index contributed by atoms with van der Waals surface area (Å²) in [6.07, 6.45) is 1.25. The highest BCUT2D eigenvalue weighted by Gasteiger charge is 2.30. The summed E-state index contributed by atoms with van der Waals surface area (Å²) in [7, 11) is 0. The minimum atomic E-state index is -0.689. The van der Waals surface area contributed by atoms with Crippen molar-refractivity contribution in [1.82, 2.24) is 10.2 Å². The van der Waals surface area contributed by atoms with Crippen LogP contribution in [0.3, 0.4) is 0 Å². The molecule has 1 N–H and O–H groups in total. The van der Waals surface area contributed by atoms with Gasteiger partial charge in [0, 0.05) is 25.4 Å². The predicted molar refractivity (Wildman–Crippen MR) is 148 cm³/mol. The lowest BCUT2D eigenvalue weighted by atomic mass is 9.86. The minimum absolute atomic E-state index is 0.0603. The maximum Gasteiger partial charge on any atom is 0.243 e. The van der Waals surface area contributed by atoms with Crippen LogP contribution in [0.2, 0.25) is 0 Å². The van der Waals surface area contributed by atoms with Gasteiger partial charge < -0.3 is 10.2 Å². The Labute approximate surface area is 220 Å². The number of hydrogen-bond donors (Lipinski definition) is 1. The van der Waals surface area contributed by atoms with E-state index in [9.17, 15) is 14.0 Å². The summed E-state index contributed by atoms with van der Waals surface area (Å²) in [6.45, 7) is 10.6. The Kier molecular flexibility index (Phi) is 9.62. The molecule has 3 aromatic carbocycles. The summed E-state index contributed by atoms with van der Waals surface area (Å²) in [5, 5.41) is 2.99. The second-order valence-electron chi connectivity index (χ2n) is 11.0. The zero-order valence-corrected chi connectivity index (χ0v) is 22.6. The van der Waals surface area contributed by atoms with Crippen molar-refractivity contribution in [1.29, 1.82) is 0 Å². The maximum atomic E-state index is 13.7. The van der Waals surface area contributed by atoms with Crippen molar-refractivity contribution in [2.24, 2.45) is 0 Å². The topological polar surface area (TPSA) is 49.4 Å². The van der Waals surface area contributed by atoms with Gasteiger partial charge >= 0.3 is 0 Å². The first-order chi connectivity index (χ1) is 17.5. The van der Waals surface area contributed by atoms with Crippen molar-refractivity contribution in [2.75, 3.05) is 0 Å². The highest BCUT2D eigenvalue weighted by atomic mass is 19.1. The van der Waals surface area contributed by atoms with Crippen molar-refractivity contribution >= 4 is 11.8 Å². The number of carbonyl (C=O) groups excluding carboxylic acids is 2. The Morgan fingerprint density at radius 2 is 1.43 bits per heavy atom. The highest BCUT2D eigenvalue weighted by molar-refractivity contribution is 5.88. The van der Waals surface area contributed by atoms with Gasteiger partial charge in [0.25, 0.3) is 0 Å². The maximum absolute atomic E-state index is 13.7. The summed E-state index contributed by atoms with van der Waals surface area (Å²) < 4.78 is 13.6. The van der Waals surface area contributed by atoms with Gasteiger partial charge in [-0.3, -0.25) is 9.59 Å². The van der Waals surface area contributed by atoms with Crippen LogP contribution in [0.5, 0.6) is 0 Å². The van der Waals surface area contributed by atoms with Gasteiger partial charge in [0.15, 0.2) is 0 Å². The van der Waals surface area contributed by atoms with E-state index in [2.05, 4.69) is 50.4 Å². The quantitative estimate of drug-likeness (QED) is 0.358. The van der Waals surface area contributed by atoms with Gasteiger partial charge in [-0.25, -0.2) is 4.39 Å². The number of aryl methyl sites for hydroxylation is 1. The van der Waals surface area contributed by atoms with Gasteiger partial charge in [-0.15, -0.1) is 0 Å². The van der Waals surface area contributed by atoms with Crippen LogP contribution in [0.15, 0.2) is 78.9 Å². The number of carbonyl (C=O) groups is 2. The van der Waals surface area contributed by atoms with E-state index >= 15 is 0 Å². The lowest BCUT2D eigenvalue weighted by Crippen LogP contribution is -2.51. The molecule has 0 spiro atoms. The third-order valence-corrected chi connectivity index (χ3v) is 6.42. The summed E-state index contributed by atoms with van der Waals surface area (Å²) in [6, 6.07) is 23.5. The number of benzene rings is 3. The van der Waals surface area contributed by atoms with Crippen LogP contribution < -0.4 is 5.32 Å². The molecule has 0 heterocycles. The molecule has 5 heteroatoms. The van der Waals surface area contributed by atoms with E-state index in [4.69, 9.17) is 0 Å². The summed E-state index contributed by atoms with van der Waals surface area (Å²) >= 11 is 0. The van der Waals surface area contributed by atoms with Crippen LogP contribution in [0.25, 0.3) is 0 Å². The van der Waals surface area contributed by atoms with Crippen molar-refractivity contribution < 1.29 is 14.0 Å². The smallest absolute Gasteiger partial charge is 0.243 e. The molecule has 196 valence electrons. The molecule has 0 saturated heterocycles. The molecule has 0 aromatic heterocycles. The second-order valence-corrected chi connectivity index (χ2v) is 11.0. The normalized spacial score (nSPS) is 12.3.